The normalized spacial score (nSPS) is 16.3. The Morgan fingerprint density at radius 1 is 1.14 bits per heavy atom. The van der Waals surface area contributed by atoms with Gasteiger partial charge in [0.25, 0.3) is 0 Å². The number of nitrogens with one attached hydrogen (secondary N) is 2. The number of halogens is 1. The highest BCUT2D eigenvalue weighted by Crippen LogP contribution is 2.15. The van der Waals surface area contributed by atoms with Crippen molar-refractivity contribution < 1.29 is 17.9 Å². The molecule has 0 bridgehead atoms. The highest BCUT2D eigenvalue weighted by molar-refractivity contribution is 14.0. The number of sulfone groups is 1. The van der Waals surface area contributed by atoms with Gasteiger partial charge in [-0.3, -0.25) is 14.7 Å². The molecule has 0 unspecified atom stereocenters. The lowest BCUT2D eigenvalue weighted by molar-refractivity contribution is -0.122. The van der Waals surface area contributed by atoms with Crippen molar-refractivity contribution in [3.63, 3.8) is 0 Å². The predicted molar refractivity (Wildman–Crippen MR) is 128 cm³/mol. The predicted octanol–water partition coefficient (Wildman–Crippen LogP) is 0.163. The van der Waals surface area contributed by atoms with Gasteiger partial charge in [-0.2, -0.15) is 0 Å². The van der Waals surface area contributed by atoms with Gasteiger partial charge < -0.3 is 20.3 Å². The van der Waals surface area contributed by atoms with Crippen LogP contribution in [0.25, 0.3) is 0 Å². The first-order valence-corrected chi connectivity index (χ1v) is 11.5. The maximum atomic E-state index is 12.3. The second-order valence-electron chi connectivity index (χ2n) is 7.77. The van der Waals surface area contributed by atoms with Crippen LogP contribution in [0.5, 0.6) is 0 Å². The van der Waals surface area contributed by atoms with Gasteiger partial charge in [-0.25, -0.2) is 8.42 Å². The van der Waals surface area contributed by atoms with Crippen molar-refractivity contribution in [2.45, 2.75) is 32.4 Å². The minimum Gasteiger partial charge on any atom is -0.383 e. The van der Waals surface area contributed by atoms with Crippen molar-refractivity contribution in [3.8, 4) is 0 Å². The molecule has 0 aromatic rings. The zero-order valence-corrected chi connectivity index (χ0v) is 21.5. The molecule has 1 aliphatic rings. The minimum absolute atomic E-state index is 0. The molecular weight excluding hydrogens is 509 g/mol. The fraction of sp³-hybridized carbons (Fsp3) is 0.889. The molecule has 1 amide bonds. The molecule has 0 aliphatic carbocycles. The Morgan fingerprint density at radius 2 is 1.76 bits per heavy atom. The topological polar surface area (TPSA) is 103 Å². The van der Waals surface area contributed by atoms with Crippen LogP contribution in [0.3, 0.4) is 0 Å². The SMILES string of the molecule is CCNC(=NCCS(=O)(=O)C(C)(C)C)N1CCN(CC(=O)NCCOC)CC1.I. The summed E-state index contributed by atoms with van der Waals surface area (Å²) in [6.07, 6.45) is 0. The average molecular weight is 548 g/mol. The molecule has 172 valence electrons. The third-order valence-corrected chi connectivity index (χ3v) is 7.14. The molecule has 0 aromatic heterocycles. The first-order valence-electron chi connectivity index (χ1n) is 9.84. The van der Waals surface area contributed by atoms with Crippen molar-refractivity contribution in [3.05, 3.63) is 0 Å². The number of piperazine rings is 1. The summed E-state index contributed by atoms with van der Waals surface area (Å²) in [5, 5.41) is 6.06. The zero-order chi connectivity index (χ0) is 21.2. The number of aliphatic imine (C=N–C) groups is 1. The van der Waals surface area contributed by atoms with Crippen LogP contribution in [0.15, 0.2) is 4.99 Å². The van der Waals surface area contributed by atoms with Crippen LogP contribution in [0.2, 0.25) is 0 Å². The Bertz CT molecular complexity index is 614. The van der Waals surface area contributed by atoms with E-state index in [-0.39, 0.29) is 42.2 Å². The van der Waals surface area contributed by atoms with E-state index < -0.39 is 14.6 Å². The van der Waals surface area contributed by atoms with Gasteiger partial charge in [-0.1, -0.05) is 0 Å². The molecule has 1 heterocycles. The zero-order valence-electron chi connectivity index (χ0n) is 18.4. The molecule has 0 spiro atoms. The fourth-order valence-corrected chi connectivity index (χ4v) is 3.62. The van der Waals surface area contributed by atoms with Crippen LogP contribution in [0.1, 0.15) is 27.7 Å². The van der Waals surface area contributed by atoms with Crippen LogP contribution < -0.4 is 10.6 Å². The van der Waals surface area contributed by atoms with E-state index in [1.165, 1.54) is 0 Å². The van der Waals surface area contributed by atoms with Gasteiger partial charge in [0, 0.05) is 46.4 Å². The quantitative estimate of drug-likeness (QED) is 0.184. The van der Waals surface area contributed by atoms with Gasteiger partial charge in [-0.05, 0) is 27.7 Å². The standard InChI is InChI=1S/C18H37N5O4S.HI/c1-6-19-17(21-8-14-28(25,26)18(2,3)4)23-11-9-22(10-12-23)15-16(24)20-7-13-27-5;/h6-15H2,1-5H3,(H,19,21)(H,20,24);1H. The molecule has 1 fully saturated rings. The number of ether oxygens (including phenoxy) is 1. The maximum Gasteiger partial charge on any atom is 0.234 e. The second-order valence-corrected chi connectivity index (χ2v) is 10.6. The Labute approximate surface area is 192 Å². The Kier molecular flexibility index (Phi) is 13.3. The van der Waals surface area contributed by atoms with Crippen LogP contribution in [0.4, 0.5) is 0 Å². The Balaban J connectivity index is 0.00000784. The third kappa shape index (κ3) is 10.3. The molecule has 9 nitrogen and oxygen atoms in total. The number of hydrogen-bond acceptors (Lipinski definition) is 6. The largest absolute Gasteiger partial charge is 0.383 e. The monoisotopic (exact) mass is 547 g/mol. The molecule has 0 saturated carbocycles. The fourth-order valence-electron chi connectivity index (χ4n) is 2.67. The van der Waals surface area contributed by atoms with Crippen LogP contribution in [-0.4, -0.2) is 107 Å². The summed E-state index contributed by atoms with van der Waals surface area (Å²) in [6, 6.07) is 0. The second kappa shape index (κ2) is 13.6. The maximum absolute atomic E-state index is 12.3. The summed E-state index contributed by atoms with van der Waals surface area (Å²) >= 11 is 0. The minimum atomic E-state index is -3.19. The highest BCUT2D eigenvalue weighted by Gasteiger charge is 2.28. The third-order valence-electron chi connectivity index (χ3n) is 4.56. The smallest absolute Gasteiger partial charge is 0.234 e. The summed E-state index contributed by atoms with van der Waals surface area (Å²) in [5.74, 6) is 0.766. The van der Waals surface area contributed by atoms with Gasteiger partial charge in [0.1, 0.15) is 0 Å². The van der Waals surface area contributed by atoms with Crippen molar-refractivity contribution in [1.82, 2.24) is 20.4 Å². The van der Waals surface area contributed by atoms with E-state index in [1.807, 2.05) is 6.92 Å². The number of hydrogen-bond donors (Lipinski definition) is 2. The van der Waals surface area contributed by atoms with Crippen LogP contribution >= 0.6 is 24.0 Å². The summed E-state index contributed by atoms with van der Waals surface area (Å²) in [5.41, 5.74) is 0. The molecule has 0 radical (unpaired) electrons. The number of methoxy groups -OCH3 is 1. The molecule has 2 N–H and O–H groups in total. The molecule has 1 aliphatic heterocycles. The molecule has 11 heteroatoms. The van der Waals surface area contributed by atoms with Gasteiger partial charge in [0.15, 0.2) is 15.8 Å². The van der Waals surface area contributed by atoms with E-state index in [2.05, 4.69) is 25.4 Å². The molecule has 0 aromatic carbocycles. The number of rotatable bonds is 9. The number of guanidine groups is 1. The number of nitrogens with zero attached hydrogens (tertiary/aromatic N) is 3. The lowest BCUT2D eigenvalue weighted by Gasteiger charge is -2.36. The molecule has 1 saturated heterocycles. The number of carbonyl (C=O) groups excluding carboxylic acids is 1. The lowest BCUT2D eigenvalue weighted by atomic mass is 10.3. The summed E-state index contributed by atoms with van der Waals surface area (Å²) < 4.78 is 28.7. The Hall–Kier alpha value is -0.660. The summed E-state index contributed by atoms with van der Waals surface area (Å²) in [7, 11) is -1.58. The Morgan fingerprint density at radius 3 is 2.28 bits per heavy atom. The van der Waals surface area contributed by atoms with E-state index in [0.29, 0.717) is 26.2 Å². The van der Waals surface area contributed by atoms with Crippen molar-refractivity contribution >= 4 is 45.7 Å². The van der Waals surface area contributed by atoms with Crippen molar-refractivity contribution in [2.75, 3.05) is 71.8 Å². The molecular formula is C18H38IN5O4S. The van der Waals surface area contributed by atoms with E-state index in [1.54, 1.807) is 27.9 Å². The number of amides is 1. The first-order chi connectivity index (χ1) is 13.1. The van der Waals surface area contributed by atoms with E-state index in [9.17, 15) is 13.2 Å². The first kappa shape index (κ1) is 28.3. The van der Waals surface area contributed by atoms with E-state index >= 15 is 0 Å². The van der Waals surface area contributed by atoms with E-state index in [0.717, 1.165) is 32.1 Å². The van der Waals surface area contributed by atoms with Crippen LogP contribution in [-0.2, 0) is 19.4 Å². The average Bonchev–Trinajstić information content (AvgIpc) is 2.61. The molecule has 0 atom stereocenters. The van der Waals surface area contributed by atoms with Crippen molar-refractivity contribution in [2.24, 2.45) is 4.99 Å². The summed E-state index contributed by atoms with van der Waals surface area (Å²) in [4.78, 5) is 20.6. The van der Waals surface area contributed by atoms with Crippen LogP contribution in [0, 0.1) is 0 Å². The number of carbonyl (C=O) groups is 1. The van der Waals surface area contributed by atoms with Gasteiger partial charge in [0.2, 0.25) is 5.91 Å². The summed E-state index contributed by atoms with van der Waals surface area (Å²) in [6.45, 7) is 12.5. The van der Waals surface area contributed by atoms with Gasteiger partial charge in [-0.15, -0.1) is 24.0 Å². The van der Waals surface area contributed by atoms with Gasteiger partial charge >= 0.3 is 0 Å². The van der Waals surface area contributed by atoms with E-state index in [4.69, 9.17) is 4.74 Å². The van der Waals surface area contributed by atoms with Gasteiger partial charge in [0.05, 0.1) is 30.2 Å². The highest BCUT2D eigenvalue weighted by atomic mass is 127. The molecule has 29 heavy (non-hydrogen) atoms. The van der Waals surface area contributed by atoms with Crippen molar-refractivity contribution in [1.29, 1.82) is 0 Å². The molecule has 1 rings (SSSR count). The lowest BCUT2D eigenvalue weighted by Crippen LogP contribution is -2.54.